The summed E-state index contributed by atoms with van der Waals surface area (Å²) in [7, 11) is 0. The van der Waals surface area contributed by atoms with Gasteiger partial charge in [-0.15, -0.1) is 0 Å². The van der Waals surface area contributed by atoms with Crippen molar-refractivity contribution >= 4 is 5.78 Å². The SMILES string of the molecule is CC1=C2CC[C@H]3[C@@H]4CC[C@H](O)[C@@]4(C)CC[C@@H]3[C@@]2(C)CCC1=O. The lowest BCUT2D eigenvalue weighted by atomic mass is 9.47. The average molecular weight is 302 g/mol. The van der Waals surface area contributed by atoms with Gasteiger partial charge in [-0.25, -0.2) is 0 Å². The third kappa shape index (κ3) is 1.74. The van der Waals surface area contributed by atoms with E-state index < -0.39 is 0 Å². The molecule has 4 aliphatic carbocycles. The van der Waals surface area contributed by atoms with Crippen molar-refractivity contribution in [2.24, 2.45) is 28.6 Å². The van der Waals surface area contributed by atoms with Gasteiger partial charge in [0.2, 0.25) is 0 Å². The molecule has 0 amide bonds. The van der Waals surface area contributed by atoms with E-state index in [9.17, 15) is 9.90 Å². The van der Waals surface area contributed by atoms with Crippen molar-refractivity contribution in [3.05, 3.63) is 11.1 Å². The molecule has 0 saturated heterocycles. The van der Waals surface area contributed by atoms with Crippen LogP contribution in [0, 0.1) is 28.6 Å². The minimum absolute atomic E-state index is 0.0853. The summed E-state index contributed by atoms with van der Waals surface area (Å²) in [6, 6.07) is 0. The molecule has 3 saturated carbocycles. The summed E-state index contributed by atoms with van der Waals surface area (Å²) < 4.78 is 0. The number of carbonyl (C=O) groups is 1. The Morgan fingerprint density at radius 1 is 1.00 bits per heavy atom. The van der Waals surface area contributed by atoms with Crippen LogP contribution in [0.25, 0.3) is 0 Å². The van der Waals surface area contributed by atoms with Crippen molar-refractivity contribution in [2.75, 3.05) is 0 Å². The maximum Gasteiger partial charge on any atom is 0.158 e. The molecule has 2 nitrogen and oxygen atoms in total. The highest BCUT2D eigenvalue weighted by Crippen LogP contribution is 2.65. The van der Waals surface area contributed by atoms with Crippen molar-refractivity contribution < 1.29 is 9.90 Å². The number of hydrogen-bond donors (Lipinski definition) is 1. The quantitative estimate of drug-likeness (QED) is 0.725. The first-order valence-corrected chi connectivity index (χ1v) is 9.29. The first-order valence-electron chi connectivity index (χ1n) is 9.29. The Balaban J connectivity index is 1.72. The molecule has 4 rings (SSSR count). The Hall–Kier alpha value is -0.630. The van der Waals surface area contributed by atoms with Crippen LogP contribution in [0.2, 0.25) is 0 Å². The van der Waals surface area contributed by atoms with E-state index in [2.05, 4.69) is 20.8 Å². The molecular formula is C20H30O2. The van der Waals surface area contributed by atoms with Crippen LogP contribution in [0.3, 0.4) is 0 Å². The molecule has 4 aliphatic rings. The summed E-state index contributed by atoms with van der Waals surface area (Å²) in [4.78, 5) is 12.1. The highest BCUT2D eigenvalue weighted by Gasteiger charge is 2.59. The smallest absolute Gasteiger partial charge is 0.158 e. The largest absolute Gasteiger partial charge is 0.393 e. The molecule has 0 aromatic heterocycles. The van der Waals surface area contributed by atoms with Gasteiger partial charge in [-0.1, -0.05) is 19.4 Å². The van der Waals surface area contributed by atoms with Gasteiger partial charge >= 0.3 is 0 Å². The molecule has 122 valence electrons. The number of fused-ring (bicyclic) bond motifs is 5. The standard InChI is InChI=1S/C20H30O2/c1-12-14-5-4-13-15-6-7-18(22)20(15,3)10-8-16(13)19(14,2)11-9-17(12)21/h13,15-16,18,22H,4-11H2,1-3H3/t13-,15-,16-,18-,19-,20-/m0/s1. The normalized spacial score (nSPS) is 51.4. The average Bonchev–Trinajstić information content (AvgIpc) is 2.79. The molecule has 22 heavy (non-hydrogen) atoms. The number of carbonyl (C=O) groups excluding carboxylic acids is 1. The van der Waals surface area contributed by atoms with Gasteiger partial charge in [0.05, 0.1) is 6.10 Å². The summed E-state index contributed by atoms with van der Waals surface area (Å²) in [5, 5.41) is 10.5. The van der Waals surface area contributed by atoms with Crippen LogP contribution in [0.5, 0.6) is 0 Å². The lowest BCUT2D eigenvalue weighted by Crippen LogP contribution is -2.51. The number of hydrogen-bond acceptors (Lipinski definition) is 2. The van der Waals surface area contributed by atoms with E-state index in [4.69, 9.17) is 0 Å². The molecule has 1 N–H and O–H groups in total. The van der Waals surface area contributed by atoms with E-state index in [1.807, 2.05) is 0 Å². The van der Waals surface area contributed by atoms with Crippen molar-refractivity contribution in [3.63, 3.8) is 0 Å². The molecule has 0 heterocycles. The lowest BCUT2D eigenvalue weighted by Gasteiger charge is -2.58. The van der Waals surface area contributed by atoms with E-state index in [-0.39, 0.29) is 16.9 Å². The molecule has 0 aliphatic heterocycles. The maximum atomic E-state index is 12.1. The molecule has 0 radical (unpaired) electrons. The Bertz CT molecular complexity index is 548. The van der Waals surface area contributed by atoms with Crippen LogP contribution in [-0.4, -0.2) is 17.0 Å². The fraction of sp³-hybridized carbons (Fsp3) is 0.850. The van der Waals surface area contributed by atoms with Crippen LogP contribution < -0.4 is 0 Å². The van der Waals surface area contributed by atoms with Gasteiger partial charge < -0.3 is 5.11 Å². The monoisotopic (exact) mass is 302 g/mol. The van der Waals surface area contributed by atoms with E-state index in [0.29, 0.717) is 11.7 Å². The second kappa shape index (κ2) is 4.69. The lowest BCUT2D eigenvalue weighted by molar-refractivity contribution is -0.119. The van der Waals surface area contributed by atoms with Crippen molar-refractivity contribution in [2.45, 2.75) is 78.2 Å². The van der Waals surface area contributed by atoms with E-state index in [1.165, 1.54) is 31.3 Å². The van der Waals surface area contributed by atoms with Gasteiger partial charge in [0.25, 0.3) is 0 Å². The van der Waals surface area contributed by atoms with Crippen LogP contribution in [0.15, 0.2) is 11.1 Å². The predicted octanol–water partition coefficient (Wildman–Crippen LogP) is 4.27. The van der Waals surface area contributed by atoms with Gasteiger partial charge in [-0.3, -0.25) is 4.79 Å². The number of Topliss-reactive ketones (excluding diaryl/α,β-unsaturated/α-hetero) is 1. The minimum Gasteiger partial charge on any atom is -0.393 e. The van der Waals surface area contributed by atoms with E-state index in [1.54, 1.807) is 0 Å². The molecular weight excluding hydrogens is 272 g/mol. The number of allylic oxidation sites excluding steroid dienone is 1. The van der Waals surface area contributed by atoms with Crippen LogP contribution in [0.1, 0.15) is 72.1 Å². The summed E-state index contributed by atoms with van der Waals surface area (Å²) in [6.07, 6.45) is 8.73. The van der Waals surface area contributed by atoms with Crippen LogP contribution >= 0.6 is 0 Å². The first-order chi connectivity index (χ1) is 10.4. The molecule has 6 atom stereocenters. The van der Waals surface area contributed by atoms with Crippen molar-refractivity contribution in [3.8, 4) is 0 Å². The molecule has 0 aromatic rings. The van der Waals surface area contributed by atoms with Crippen LogP contribution in [0.4, 0.5) is 0 Å². The highest BCUT2D eigenvalue weighted by atomic mass is 16.3. The zero-order chi connectivity index (χ0) is 15.7. The summed E-state index contributed by atoms with van der Waals surface area (Å²) >= 11 is 0. The third-order valence-electron chi connectivity index (χ3n) is 8.36. The topological polar surface area (TPSA) is 37.3 Å². The molecule has 0 spiro atoms. The van der Waals surface area contributed by atoms with Gasteiger partial charge in [0.15, 0.2) is 5.78 Å². The first kappa shape index (κ1) is 14.9. The van der Waals surface area contributed by atoms with E-state index in [0.717, 1.165) is 43.1 Å². The zero-order valence-electron chi connectivity index (χ0n) is 14.3. The molecule has 0 unspecified atom stereocenters. The van der Waals surface area contributed by atoms with Gasteiger partial charge in [-0.05, 0) is 86.0 Å². The second-order valence-corrected chi connectivity index (χ2v) is 9.00. The Morgan fingerprint density at radius 3 is 2.55 bits per heavy atom. The predicted molar refractivity (Wildman–Crippen MR) is 87.3 cm³/mol. The molecule has 3 fully saturated rings. The third-order valence-corrected chi connectivity index (χ3v) is 8.36. The Morgan fingerprint density at radius 2 is 1.77 bits per heavy atom. The number of aliphatic hydroxyl groups is 1. The second-order valence-electron chi connectivity index (χ2n) is 9.00. The molecule has 2 heteroatoms. The molecule has 0 aromatic carbocycles. The Kier molecular flexibility index (Phi) is 3.18. The summed E-state index contributed by atoms with van der Waals surface area (Å²) in [5.74, 6) is 2.61. The Labute approximate surface area is 134 Å². The van der Waals surface area contributed by atoms with E-state index >= 15 is 0 Å². The van der Waals surface area contributed by atoms with Gasteiger partial charge in [0, 0.05) is 6.42 Å². The highest BCUT2D eigenvalue weighted by molar-refractivity contribution is 5.96. The fourth-order valence-corrected chi connectivity index (χ4v) is 6.96. The van der Waals surface area contributed by atoms with Crippen molar-refractivity contribution in [1.82, 2.24) is 0 Å². The van der Waals surface area contributed by atoms with Crippen molar-refractivity contribution in [1.29, 1.82) is 0 Å². The number of ketones is 1. The van der Waals surface area contributed by atoms with Gasteiger partial charge in [-0.2, -0.15) is 0 Å². The number of rotatable bonds is 0. The molecule has 0 bridgehead atoms. The summed E-state index contributed by atoms with van der Waals surface area (Å²) in [6.45, 7) is 6.86. The maximum absolute atomic E-state index is 12.1. The zero-order valence-corrected chi connectivity index (χ0v) is 14.3. The summed E-state index contributed by atoms with van der Waals surface area (Å²) in [5.41, 5.74) is 3.01. The number of aliphatic hydroxyl groups excluding tert-OH is 1. The minimum atomic E-state index is -0.0853. The van der Waals surface area contributed by atoms with Crippen LogP contribution in [-0.2, 0) is 4.79 Å². The van der Waals surface area contributed by atoms with Gasteiger partial charge in [0.1, 0.15) is 0 Å². The fourth-order valence-electron chi connectivity index (χ4n) is 6.96.